The maximum Gasteiger partial charge on any atom is 0.273 e. The number of nitro benzene ring substituents is 1. The number of ether oxygens (including phenoxy) is 1. The van der Waals surface area contributed by atoms with Gasteiger partial charge in [-0.1, -0.05) is 6.07 Å². The first-order valence-electron chi connectivity index (χ1n) is 6.73. The molecule has 0 saturated carbocycles. The largest absolute Gasteiger partial charge is 0.394 e. The Labute approximate surface area is 122 Å². The van der Waals surface area contributed by atoms with E-state index >= 15 is 0 Å². The summed E-state index contributed by atoms with van der Waals surface area (Å²) in [5.74, 6) is -0.273. The zero-order valence-corrected chi connectivity index (χ0v) is 12.0. The molecule has 1 aromatic rings. The van der Waals surface area contributed by atoms with E-state index in [2.05, 4.69) is 0 Å². The minimum atomic E-state index is -0.495. The van der Waals surface area contributed by atoms with Crippen LogP contribution in [0, 0.1) is 17.0 Å². The van der Waals surface area contributed by atoms with Gasteiger partial charge in [0, 0.05) is 30.3 Å². The van der Waals surface area contributed by atoms with Gasteiger partial charge < -0.3 is 14.7 Å². The Morgan fingerprint density at radius 3 is 2.86 bits per heavy atom. The van der Waals surface area contributed by atoms with Crippen molar-refractivity contribution in [2.45, 2.75) is 26.1 Å². The second kappa shape index (κ2) is 6.19. The van der Waals surface area contributed by atoms with Crippen LogP contribution in [-0.2, 0) is 4.74 Å². The molecule has 21 heavy (non-hydrogen) atoms. The molecule has 1 amide bonds. The number of morpholine rings is 1. The lowest BCUT2D eigenvalue weighted by atomic mass is 10.0. The molecule has 1 N–H and O–H groups in total. The topological polar surface area (TPSA) is 92.9 Å². The molecule has 2 rings (SSSR count). The Hall–Kier alpha value is -1.99. The van der Waals surface area contributed by atoms with E-state index in [9.17, 15) is 20.0 Å². The number of rotatable bonds is 3. The average molecular weight is 294 g/mol. The lowest BCUT2D eigenvalue weighted by Gasteiger charge is -2.36. The van der Waals surface area contributed by atoms with Crippen molar-refractivity contribution in [1.29, 1.82) is 0 Å². The van der Waals surface area contributed by atoms with Gasteiger partial charge in [-0.05, 0) is 19.9 Å². The molecule has 7 nitrogen and oxygen atoms in total. The summed E-state index contributed by atoms with van der Waals surface area (Å²) in [6.07, 6.45) is -0.601. The fourth-order valence-corrected chi connectivity index (χ4v) is 2.54. The highest BCUT2D eigenvalue weighted by molar-refractivity contribution is 5.96. The number of carbonyl (C=O) groups excluding carboxylic acids is 1. The van der Waals surface area contributed by atoms with Gasteiger partial charge >= 0.3 is 0 Å². The molecule has 2 unspecified atom stereocenters. The van der Waals surface area contributed by atoms with Crippen molar-refractivity contribution in [2.75, 3.05) is 19.7 Å². The van der Waals surface area contributed by atoms with Crippen LogP contribution in [-0.4, -0.2) is 52.7 Å². The van der Waals surface area contributed by atoms with Crippen LogP contribution in [0.4, 0.5) is 5.69 Å². The van der Waals surface area contributed by atoms with Gasteiger partial charge in [-0.15, -0.1) is 0 Å². The maximum atomic E-state index is 12.6. The van der Waals surface area contributed by atoms with E-state index in [4.69, 9.17) is 4.74 Å². The molecule has 7 heteroatoms. The molecule has 0 radical (unpaired) electrons. The lowest BCUT2D eigenvalue weighted by Crippen LogP contribution is -2.50. The van der Waals surface area contributed by atoms with Crippen LogP contribution in [0.1, 0.15) is 22.8 Å². The fraction of sp³-hybridized carbons (Fsp3) is 0.500. The first-order valence-corrected chi connectivity index (χ1v) is 6.73. The van der Waals surface area contributed by atoms with Gasteiger partial charge in [-0.2, -0.15) is 0 Å². The predicted molar refractivity (Wildman–Crippen MR) is 75.2 cm³/mol. The molecular formula is C14H18N2O5. The van der Waals surface area contributed by atoms with E-state index in [1.165, 1.54) is 12.1 Å². The molecule has 1 aliphatic heterocycles. The monoisotopic (exact) mass is 294 g/mol. The third kappa shape index (κ3) is 3.20. The summed E-state index contributed by atoms with van der Waals surface area (Å²) >= 11 is 0. The summed E-state index contributed by atoms with van der Waals surface area (Å²) in [6, 6.07) is 4.47. The quantitative estimate of drug-likeness (QED) is 0.666. The van der Waals surface area contributed by atoms with Gasteiger partial charge in [0.25, 0.3) is 11.6 Å². The first kappa shape index (κ1) is 15.4. The normalized spacial score (nSPS) is 22.1. The minimum Gasteiger partial charge on any atom is -0.394 e. The van der Waals surface area contributed by atoms with Gasteiger partial charge in [0.15, 0.2) is 0 Å². The molecule has 1 heterocycles. The van der Waals surface area contributed by atoms with E-state index in [-0.39, 0.29) is 30.9 Å². The molecular weight excluding hydrogens is 276 g/mol. The predicted octanol–water partition coefficient (Wildman–Crippen LogP) is 1.13. The summed E-state index contributed by atoms with van der Waals surface area (Å²) < 4.78 is 5.49. The Morgan fingerprint density at radius 2 is 2.24 bits per heavy atom. The van der Waals surface area contributed by atoms with Crippen molar-refractivity contribution in [1.82, 2.24) is 4.90 Å². The molecule has 0 aromatic heterocycles. The smallest absolute Gasteiger partial charge is 0.273 e. The standard InChI is InChI=1S/C14H18N2O5/c1-9-6-15(7-11(8-17)21-9)14(18)12-4-3-5-13(10(12)2)16(19)20/h3-5,9,11,17H,6-8H2,1-2H3. The highest BCUT2D eigenvalue weighted by Crippen LogP contribution is 2.23. The minimum absolute atomic E-state index is 0.0686. The number of nitrogens with zero attached hydrogens (tertiary/aromatic N) is 2. The molecule has 0 aliphatic carbocycles. The van der Waals surface area contributed by atoms with Crippen LogP contribution in [0.5, 0.6) is 0 Å². The van der Waals surface area contributed by atoms with E-state index in [0.29, 0.717) is 17.7 Å². The van der Waals surface area contributed by atoms with Crippen LogP contribution in [0.2, 0.25) is 0 Å². The van der Waals surface area contributed by atoms with Crippen molar-refractivity contribution >= 4 is 11.6 Å². The number of aliphatic hydroxyl groups is 1. The molecule has 1 aliphatic rings. The van der Waals surface area contributed by atoms with E-state index in [1.54, 1.807) is 17.9 Å². The third-order valence-corrected chi connectivity index (χ3v) is 3.55. The van der Waals surface area contributed by atoms with Crippen molar-refractivity contribution in [3.63, 3.8) is 0 Å². The maximum absolute atomic E-state index is 12.6. The number of benzene rings is 1. The molecule has 1 fully saturated rings. The second-order valence-corrected chi connectivity index (χ2v) is 5.17. The molecule has 0 bridgehead atoms. The van der Waals surface area contributed by atoms with E-state index in [1.807, 2.05) is 6.92 Å². The summed E-state index contributed by atoms with van der Waals surface area (Å²) in [5, 5.41) is 20.1. The van der Waals surface area contributed by atoms with Gasteiger partial charge in [-0.25, -0.2) is 0 Å². The number of aliphatic hydroxyl groups excluding tert-OH is 1. The number of carbonyl (C=O) groups is 1. The number of hydrogen-bond acceptors (Lipinski definition) is 5. The van der Waals surface area contributed by atoms with Crippen molar-refractivity contribution in [3.8, 4) is 0 Å². The highest BCUT2D eigenvalue weighted by Gasteiger charge is 2.30. The van der Waals surface area contributed by atoms with Gasteiger partial charge in [0.1, 0.15) is 0 Å². The number of nitro groups is 1. The zero-order valence-electron chi connectivity index (χ0n) is 12.0. The Balaban J connectivity index is 2.27. The molecule has 1 aromatic carbocycles. The van der Waals surface area contributed by atoms with Gasteiger partial charge in [0.2, 0.25) is 0 Å². The van der Waals surface area contributed by atoms with Gasteiger partial charge in [0.05, 0.1) is 23.7 Å². The Morgan fingerprint density at radius 1 is 1.52 bits per heavy atom. The summed E-state index contributed by atoms with van der Waals surface area (Å²) in [4.78, 5) is 24.6. The Bertz CT molecular complexity index is 560. The van der Waals surface area contributed by atoms with Crippen molar-refractivity contribution < 1.29 is 19.6 Å². The number of amides is 1. The lowest BCUT2D eigenvalue weighted by molar-refractivity contribution is -0.385. The van der Waals surface area contributed by atoms with Crippen molar-refractivity contribution in [2.24, 2.45) is 0 Å². The van der Waals surface area contributed by atoms with E-state index in [0.717, 1.165) is 0 Å². The van der Waals surface area contributed by atoms with Gasteiger partial charge in [-0.3, -0.25) is 14.9 Å². The van der Waals surface area contributed by atoms with Crippen LogP contribution in [0.25, 0.3) is 0 Å². The summed E-state index contributed by atoms with van der Waals surface area (Å²) in [6.45, 7) is 3.91. The number of hydrogen-bond donors (Lipinski definition) is 1. The highest BCUT2D eigenvalue weighted by atomic mass is 16.6. The average Bonchev–Trinajstić information content (AvgIpc) is 2.45. The van der Waals surface area contributed by atoms with Crippen LogP contribution < -0.4 is 0 Å². The summed E-state index contributed by atoms with van der Waals surface area (Å²) in [7, 11) is 0. The molecule has 0 spiro atoms. The van der Waals surface area contributed by atoms with E-state index < -0.39 is 11.0 Å². The molecule has 114 valence electrons. The third-order valence-electron chi connectivity index (χ3n) is 3.55. The van der Waals surface area contributed by atoms with Crippen molar-refractivity contribution in [3.05, 3.63) is 39.4 Å². The fourth-order valence-electron chi connectivity index (χ4n) is 2.54. The zero-order chi connectivity index (χ0) is 15.6. The molecule has 1 saturated heterocycles. The van der Waals surface area contributed by atoms with Crippen LogP contribution in [0.15, 0.2) is 18.2 Å². The second-order valence-electron chi connectivity index (χ2n) is 5.17. The van der Waals surface area contributed by atoms with Crippen LogP contribution >= 0.6 is 0 Å². The Kier molecular flexibility index (Phi) is 4.54. The first-order chi connectivity index (χ1) is 9.93. The van der Waals surface area contributed by atoms with Crippen LogP contribution in [0.3, 0.4) is 0 Å². The SMILES string of the molecule is Cc1c(C(=O)N2CC(C)OC(CO)C2)cccc1[N+](=O)[O-]. The summed E-state index contributed by atoms with van der Waals surface area (Å²) in [5.41, 5.74) is 0.600. The molecule has 2 atom stereocenters.